The van der Waals surface area contributed by atoms with Crippen LogP contribution in [-0.2, 0) is 0 Å². The monoisotopic (exact) mass is 179 g/mol. The Morgan fingerprint density at radius 3 is 2.85 bits per heavy atom. The molecule has 3 heteroatoms. The molecule has 1 rings (SSSR count). The van der Waals surface area contributed by atoms with E-state index < -0.39 is 6.10 Å². The van der Waals surface area contributed by atoms with Crippen LogP contribution in [-0.4, -0.2) is 10.2 Å². The van der Waals surface area contributed by atoms with Crippen molar-refractivity contribution in [1.82, 2.24) is 0 Å². The fourth-order valence-electron chi connectivity index (χ4n) is 1.15. The number of aliphatic hydroxyl groups excluding tert-OH is 1. The molecule has 4 N–H and O–H groups in total. The van der Waals surface area contributed by atoms with Crippen molar-refractivity contribution >= 4 is 5.69 Å². The first-order valence-electron chi connectivity index (χ1n) is 4.03. The van der Waals surface area contributed by atoms with Crippen LogP contribution in [0.15, 0.2) is 30.9 Å². The number of aromatic hydroxyl groups is 1. The number of anilines is 1. The Morgan fingerprint density at radius 2 is 2.23 bits per heavy atom. The summed E-state index contributed by atoms with van der Waals surface area (Å²) in [6.07, 6.45) is 1.34. The third-order valence-electron chi connectivity index (χ3n) is 1.87. The van der Waals surface area contributed by atoms with Crippen LogP contribution in [0.5, 0.6) is 5.75 Å². The number of benzene rings is 1. The van der Waals surface area contributed by atoms with Gasteiger partial charge in [0.25, 0.3) is 0 Å². The second-order valence-electron chi connectivity index (χ2n) is 2.82. The van der Waals surface area contributed by atoms with Crippen LogP contribution < -0.4 is 5.73 Å². The second-order valence-corrected chi connectivity index (χ2v) is 2.82. The Labute approximate surface area is 77.1 Å². The minimum atomic E-state index is -0.690. The van der Waals surface area contributed by atoms with Gasteiger partial charge in [0, 0.05) is 5.56 Å². The van der Waals surface area contributed by atoms with Crippen molar-refractivity contribution in [2.75, 3.05) is 5.73 Å². The highest BCUT2D eigenvalue weighted by Crippen LogP contribution is 2.29. The van der Waals surface area contributed by atoms with E-state index in [4.69, 9.17) is 5.73 Å². The molecule has 1 unspecified atom stereocenters. The Bertz CT molecular complexity index is 310. The van der Waals surface area contributed by atoms with Gasteiger partial charge in [0.2, 0.25) is 0 Å². The van der Waals surface area contributed by atoms with Gasteiger partial charge in [0.05, 0.1) is 11.8 Å². The van der Waals surface area contributed by atoms with Crippen molar-refractivity contribution in [3.8, 4) is 5.75 Å². The summed E-state index contributed by atoms with van der Waals surface area (Å²) in [5, 5.41) is 18.8. The number of rotatable bonds is 3. The molecule has 0 heterocycles. The van der Waals surface area contributed by atoms with Gasteiger partial charge in [-0.05, 0) is 12.5 Å². The maximum absolute atomic E-state index is 9.56. The van der Waals surface area contributed by atoms with E-state index in [2.05, 4.69) is 6.58 Å². The van der Waals surface area contributed by atoms with E-state index in [9.17, 15) is 10.2 Å². The van der Waals surface area contributed by atoms with Crippen LogP contribution in [0.1, 0.15) is 18.1 Å². The Kier molecular flexibility index (Phi) is 2.93. The topological polar surface area (TPSA) is 66.5 Å². The largest absolute Gasteiger partial charge is 0.506 e. The quantitative estimate of drug-likeness (QED) is 0.375. The maximum atomic E-state index is 9.56. The van der Waals surface area contributed by atoms with Crippen molar-refractivity contribution in [2.45, 2.75) is 12.5 Å². The lowest BCUT2D eigenvalue weighted by molar-refractivity contribution is 0.182. The molecule has 0 aromatic heterocycles. The zero-order valence-corrected chi connectivity index (χ0v) is 7.27. The summed E-state index contributed by atoms with van der Waals surface area (Å²) in [6, 6.07) is 4.82. The van der Waals surface area contributed by atoms with E-state index in [-0.39, 0.29) is 11.4 Å². The molecule has 3 nitrogen and oxygen atoms in total. The number of nitrogens with two attached hydrogens (primary N) is 1. The number of para-hydroxylation sites is 1. The molecule has 70 valence electrons. The summed E-state index contributed by atoms with van der Waals surface area (Å²) in [6.45, 7) is 3.51. The van der Waals surface area contributed by atoms with E-state index in [1.54, 1.807) is 18.2 Å². The van der Waals surface area contributed by atoms with Gasteiger partial charge in [-0.1, -0.05) is 18.2 Å². The molecule has 0 radical (unpaired) electrons. The fourth-order valence-corrected chi connectivity index (χ4v) is 1.15. The smallest absolute Gasteiger partial charge is 0.138 e. The third-order valence-corrected chi connectivity index (χ3v) is 1.87. The standard InChI is InChI=1S/C10H13NO2/c1-2-4-8(12)7-5-3-6-9(13)10(7)11/h2-3,5-6,8,12-13H,1,4,11H2. The predicted molar refractivity (Wildman–Crippen MR) is 52.3 cm³/mol. The lowest BCUT2D eigenvalue weighted by Gasteiger charge is -2.11. The van der Waals surface area contributed by atoms with Crippen LogP contribution in [0.25, 0.3) is 0 Å². The van der Waals surface area contributed by atoms with Gasteiger partial charge >= 0.3 is 0 Å². The Balaban J connectivity index is 3.00. The molecule has 0 aliphatic carbocycles. The first-order valence-corrected chi connectivity index (χ1v) is 4.03. The highest BCUT2D eigenvalue weighted by atomic mass is 16.3. The summed E-state index contributed by atoms with van der Waals surface area (Å²) < 4.78 is 0. The lowest BCUT2D eigenvalue weighted by Crippen LogP contribution is -2.01. The number of nitrogen functional groups attached to an aromatic ring is 1. The first kappa shape index (κ1) is 9.61. The molecular formula is C10H13NO2. The molecule has 1 aromatic rings. The van der Waals surface area contributed by atoms with Crippen molar-refractivity contribution in [3.63, 3.8) is 0 Å². The molecule has 0 aliphatic rings. The van der Waals surface area contributed by atoms with Crippen LogP contribution in [0.3, 0.4) is 0 Å². The number of aliphatic hydroxyl groups is 1. The fraction of sp³-hybridized carbons (Fsp3) is 0.200. The average Bonchev–Trinajstić information content (AvgIpc) is 2.10. The van der Waals surface area contributed by atoms with Gasteiger partial charge in [0.1, 0.15) is 5.75 Å². The molecular weight excluding hydrogens is 166 g/mol. The molecule has 0 amide bonds. The zero-order chi connectivity index (χ0) is 9.84. The van der Waals surface area contributed by atoms with E-state index >= 15 is 0 Å². The summed E-state index contributed by atoms with van der Waals surface area (Å²) >= 11 is 0. The van der Waals surface area contributed by atoms with Crippen LogP contribution in [0.4, 0.5) is 5.69 Å². The number of hydrogen-bond donors (Lipinski definition) is 3. The van der Waals surface area contributed by atoms with E-state index in [0.717, 1.165) is 0 Å². The average molecular weight is 179 g/mol. The van der Waals surface area contributed by atoms with Crippen molar-refractivity contribution in [1.29, 1.82) is 0 Å². The van der Waals surface area contributed by atoms with Crippen molar-refractivity contribution < 1.29 is 10.2 Å². The lowest BCUT2D eigenvalue weighted by atomic mass is 10.0. The molecule has 0 saturated heterocycles. The Morgan fingerprint density at radius 1 is 1.54 bits per heavy atom. The van der Waals surface area contributed by atoms with Crippen molar-refractivity contribution in [2.24, 2.45) is 0 Å². The first-order chi connectivity index (χ1) is 6.16. The SMILES string of the molecule is C=CCC(O)c1cccc(O)c1N. The van der Waals surface area contributed by atoms with E-state index in [1.807, 2.05) is 0 Å². The highest BCUT2D eigenvalue weighted by molar-refractivity contribution is 5.58. The van der Waals surface area contributed by atoms with Gasteiger partial charge in [0.15, 0.2) is 0 Å². The summed E-state index contributed by atoms with van der Waals surface area (Å²) in [5.41, 5.74) is 6.34. The maximum Gasteiger partial charge on any atom is 0.138 e. The van der Waals surface area contributed by atoms with Gasteiger partial charge < -0.3 is 15.9 Å². The number of phenols is 1. The minimum absolute atomic E-state index is 0.000567. The summed E-state index contributed by atoms with van der Waals surface area (Å²) in [7, 11) is 0. The van der Waals surface area contributed by atoms with Crippen LogP contribution >= 0.6 is 0 Å². The molecule has 13 heavy (non-hydrogen) atoms. The summed E-state index contributed by atoms with van der Waals surface area (Å²) in [4.78, 5) is 0. The molecule has 1 aromatic carbocycles. The van der Waals surface area contributed by atoms with Crippen molar-refractivity contribution in [3.05, 3.63) is 36.4 Å². The van der Waals surface area contributed by atoms with Gasteiger partial charge in [-0.25, -0.2) is 0 Å². The normalized spacial score (nSPS) is 12.4. The molecule has 0 aliphatic heterocycles. The molecule has 0 bridgehead atoms. The predicted octanol–water partition coefficient (Wildman–Crippen LogP) is 1.58. The Hall–Kier alpha value is -1.48. The molecule has 1 atom stereocenters. The third kappa shape index (κ3) is 2.00. The van der Waals surface area contributed by atoms with Crippen LogP contribution in [0, 0.1) is 0 Å². The number of phenolic OH excluding ortho intramolecular Hbond substituents is 1. The number of hydrogen-bond acceptors (Lipinski definition) is 3. The summed E-state index contributed by atoms with van der Waals surface area (Å²) in [5.74, 6) is 0.000567. The van der Waals surface area contributed by atoms with Gasteiger partial charge in [-0.15, -0.1) is 6.58 Å². The molecule has 0 fully saturated rings. The molecule has 0 saturated carbocycles. The van der Waals surface area contributed by atoms with Crippen LogP contribution in [0.2, 0.25) is 0 Å². The van der Waals surface area contributed by atoms with Gasteiger partial charge in [-0.2, -0.15) is 0 Å². The minimum Gasteiger partial charge on any atom is -0.506 e. The zero-order valence-electron chi connectivity index (χ0n) is 7.27. The second kappa shape index (κ2) is 3.96. The van der Waals surface area contributed by atoms with Gasteiger partial charge in [-0.3, -0.25) is 0 Å². The molecule has 0 spiro atoms. The highest BCUT2D eigenvalue weighted by Gasteiger charge is 2.10. The van der Waals surface area contributed by atoms with E-state index in [0.29, 0.717) is 12.0 Å². The van der Waals surface area contributed by atoms with E-state index in [1.165, 1.54) is 6.07 Å².